The number of rotatable bonds is 3. The predicted octanol–water partition coefficient (Wildman–Crippen LogP) is 2.99. The number of alkyl carbamates (subject to hydrolysis) is 1. The highest BCUT2D eigenvalue weighted by molar-refractivity contribution is 6.30. The Balaban J connectivity index is 2.42. The fourth-order valence-corrected chi connectivity index (χ4v) is 1.60. The van der Waals surface area contributed by atoms with E-state index in [1.807, 2.05) is 20.8 Å². The van der Waals surface area contributed by atoms with E-state index in [0.717, 1.165) is 5.56 Å². The number of carbonyl (C=O) groups is 1. The molecule has 1 aromatic carbocycles. The fourth-order valence-electron chi connectivity index (χ4n) is 1.40. The first-order valence-electron chi connectivity index (χ1n) is 5.79. The van der Waals surface area contributed by atoms with Crippen LogP contribution >= 0.6 is 11.6 Å². The van der Waals surface area contributed by atoms with Crippen LogP contribution in [0.25, 0.3) is 0 Å². The minimum Gasteiger partial charge on any atom is -0.444 e. The minimum atomic E-state index is -0.487. The summed E-state index contributed by atoms with van der Waals surface area (Å²) in [6.45, 7) is 5.92. The van der Waals surface area contributed by atoms with Crippen LogP contribution in [0.3, 0.4) is 0 Å². The van der Waals surface area contributed by atoms with Gasteiger partial charge in [0.05, 0.1) is 0 Å². The van der Waals surface area contributed by atoms with Crippen molar-refractivity contribution in [2.75, 3.05) is 12.3 Å². The van der Waals surface area contributed by atoms with E-state index in [1.165, 1.54) is 0 Å². The molecule has 0 atom stereocenters. The van der Waals surface area contributed by atoms with Crippen LogP contribution in [0.2, 0.25) is 5.02 Å². The van der Waals surface area contributed by atoms with Crippen molar-refractivity contribution in [2.24, 2.45) is 0 Å². The third-order valence-corrected chi connectivity index (χ3v) is 2.40. The van der Waals surface area contributed by atoms with Gasteiger partial charge in [0.2, 0.25) is 0 Å². The molecule has 100 valence electrons. The van der Waals surface area contributed by atoms with E-state index in [0.29, 0.717) is 23.7 Å². The van der Waals surface area contributed by atoms with Crippen LogP contribution < -0.4 is 11.1 Å². The van der Waals surface area contributed by atoms with Crippen molar-refractivity contribution >= 4 is 23.4 Å². The zero-order valence-corrected chi connectivity index (χ0v) is 11.7. The molecule has 0 fully saturated rings. The van der Waals surface area contributed by atoms with Gasteiger partial charge in [-0.15, -0.1) is 0 Å². The summed E-state index contributed by atoms with van der Waals surface area (Å²) in [6.07, 6.45) is 0.189. The largest absolute Gasteiger partial charge is 0.444 e. The molecule has 5 heteroatoms. The lowest BCUT2D eigenvalue weighted by molar-refractivity contribution is 0.0528. The standard InChI is InChI=1S/C13H19ClN2O2/c1-13(2,3)18-12(17)16-7-6-9-8-10(14)4-5-11(9)15/h4-5,8H,6-7,15H2,1-3H3,(H,16,17). The predicted molar refractivity (Wildman–Crippen MR) is 73.8 cm³/mol. The lowest BCUT2D eigenvalue weighted by Crippen LogP contribution is -2.33. The van der Waals surface area contributed by atoms with Crippen molar-refractivity contribution in [1.29, 1.82) is 0 Å². The molecule has 1 amide bonds. The Kier molecular flexibility index (Phi) is 4.84. The Labute approximate surface area is 112 Å². The Bertz CT molecular complexity index is 427. The molecule has 0 saturated heterocycles. The molecular formula is C13H19ClN2O2. The number of ether oxygens (including phenoxy) is 1. The minimum absolute atomic E-state index is 0.428. The van der Waals surface area contributed by atoms with Gasteiger partial charge in [0.15, 0.2) is 0 Å². The highest BCUT2D eigenvalue weighted by Gasteiger charge is 2.15. The molecule has 0 radical (unpaired) electrons. The van der Waals surface area contributed by atoms with Gasteiger partial charge in [-0.3, -0.25) is 0 Å². The van der Waals surface area contributed by atoms with Crippen molar-refractivity contribution < 1.29 is 9.53 Å². The SMILES string of the molecule is CC(C)(C)OC(=O)NCCc1cc(Cl)ccc1N. The number of anilines is 1. The first kappa shape index (κ1) is 14.6. The maximum absolute atomic E-state index is 11.4. The molecule has 0 bridgehead atoms. The Hall–Kier alpha value is -1.42. The second-order valence-corrected chi connectivity index (χ2v) is 5.46. The molecule has 18 heavy (non-hydrogen) atoms. The van der Waals surface area contributed by atoms with Crippen LogP contribution in [0.1, 0.15) is 26.3 Å². The summed E-state index contributed by atoms with van der Waals surface area (Å²) < 4.78 is 5.12. The highest BCUT2D eigenvalue weighted by atomic mass is 35.5. The topological polar surface area (TPSA) is 64.3 Å². The van der Waals surface area contributed by atoms with Gasteiger partial charge in [-0.1, -0.05) is 11.6 Å². The Morgan fingerprint density at radius 1 is 1.44 bits per heavy atom. The molecule has 0 unspecified atom stereocenters. The van der Waals surface area contributed by atoms with E-state index in [9.17, 15) is 4.79 Å². The molecule has 0 spiro atoms. The monoisotopic (exact) mass is 270 g/mol. The van der Waals surface area contributed by atoms with Crippen LogP contribution in [0.4, 0.5) is 10.5 Å². The average molecular weight is 271 g/mol. The summed E-state index contributed by atoms with van der Waals surface area (Å²) >= 11 is 5.88. The van der Waals surface area contributed by atoms with E-state index in [-0.39, 0.29) is 0 Å². The van der Waals surface area contributed by atoms with E-state index >= 15 is 0 Å². The summed E-state index contributed by atoms with van der Waals surface area (Å²) in [5.74, 6) is 0. The molecule has 1 rings (SSSR count). The first-order chi connectivity index (χ1) is 8.28. The van der Waals surface area contributed by atoms with E-state index < -0.39 is 11.7 Å². The zero-order chi connectivity index (χ0) is 13.8. The summed E-state index contributed by atoms with van der Waals surface area (Å²) in [4.78, 5) is 11.4. The van der Waals surface area contributed by atoms with Gasteiger partial charge >= 0.3 is 6.09 Å². The van der Waals surface area contributed by atoms with Crippen LogP contribution in [-0.2, 0) is 11.2 Å². The van der Waals surface area contributed by atoms with Gasteiger partial charge in [0, 0.05) is 17.3 Å². The van der Waals surface area contributed by atoms with Crippen molar-refractivity contribution in [3.63, 3.8) is 0 Å². The molecule has 0 aliphatic heterocycles. The van der Waals surface area contributed by atoms with Gasteiger partial charge in [0.1, 0.15) is 5.60 Å². The molecule has 0 aromatic heterocycles. The van der Waals surface area contributed by atoms with Crippen LogP contribution in [0, 0.1) is 0 Å². The molecule has 0 heterocycles. The Morgan fingerprint density at radius 3 is 2.72 bits per heavy atom. The molecule has 1 aromatic rings. The van der Waals surface area contributed by atoms with Crippen molar-refractivity contribution in [1.82, 2.24) is 5.32 Å². The van der Waals surface area contributed by atoms with Crippen molar-refractivity contribution in [2.45, 2.75) is 32.8 Å². The lowest BCUT2D eigenvalue weighted by Gasteiger charge is -2.19. The number of nitrogens with one attached hydrogen (secondary N) is 1. The highest BCUT2D eigenvalue weighted by Crippen LogP contribution is 2.18. The van der Waals surface area contributed by atoms with Gasteiger partial charge in [-0.2, -0.15) is 0 Å². The third-order valence-electron chi connectivity index (χ3n) is 2.17. The molecule has 0 saturated carbocycles. The second-order valence-electron chi connectivity index (χ2n) is 5.02. The summed E-state index contributed by atoms with van der Waals surface area (Å²) in [7, 11) is 0. The molecule has 4 nitrogen and oxygen atoms in total. The summed E-state index contributed by atoms with van der Waals surface area (Å²) in [6, 6.07) is 5.29. The van der Waals surface area contributed by atoms with E-state index in [1.54, 1.807) is 18.2 Å². The Morgan fingerprint density at radius 2 is 2.11 bits per heavy atom. The maximum atomic E-state index is 11.4. The number of halogens is 1. The maximum Gasteiger partial charge on any atom is 0.407 e. The summed E-state index contributed by atoms with van der Waals surface area (Å²) in [5, 5.41) is 3.31. The zero-order valence-electron chi connectivity index (χ0n) is 10.9. The van der Waals surface area contributed by atoms with Crippen LogP contribution in [0.15, 0.2) is 18.2 Å². The number of carbonyl (C=O) groups excluding carboxylic acids is 1. The van der Waals surface area contributed by atoms with Crippen molar-refractivity contribution in [3.8, 4) is 0 Å². The number of benzene rings is 1. The van der Waals surface area contributed by atoms with Gasteiger partial charge in [-0.05, 0) is 51.0 Å². The smallest absolute Gasteiger partial charge is 0.407 e. The summed E-state index contributed by atoms with van der Waals surface area (Å²) in [5.41, 5.74) is 6.91. The third kappa shape index (κ3) is 5.27. The average Bonchev–Trinajstić information content (AvgIpc) is 2.20. The number of amides is 1. The molecule has 0 aliphatic rings. The fraction of sp³-hybridized carbons (Fsp3) is 0.462. The molecule has 3 N–H and O–H groups in total. The molecule has 0 aliphatic carbocycles. The van der Waals surface area contributed by atoms with Crippen molar-refractivity contribution in [3.05, 3.63) is 28.8 Å². The lowest BCUT2D eigenvalue weighted by atomic mass is 10.1. The van der Waals surface area contributed by atoms with Crippen LogP contribution in [0.5, 0.6) is 0 Å². The second kappa shape index (κ2) is 5.96. The quantitative estimate of drug-likeness (QED) is 0.830. The number of nitrogens with two attached hydrogens (primary N) is 1. The van der Waals surface area contributed by atoms with E-state index in [4.69, 9.17) is 22.1 Å². The number of nitrogen functional groups attached to an aromatic ring is 1. The first-order valence-corrected chi connectivity index (χ1v) is 6.16. The van der Waals surface area contributed by atoms with E-state index in [2.05, 4.69) is 5.32 Å². The normalized spacial score (nSPS) is 11.1. The van der Waals surface area contributed by atoms with Gasteiger partial charge < -0.3 is 15.8 Å². The van der Waals surface area contributed by atoms with Gasteiger partial charge in [-0.25, -0.2) is 4.79 Å². The number of hydrogen-bond donors (Lipinski definition) is 2. The van der Waals surface area contributed by atoms with Gasteiger partial charge in [0.25, 0.3) is 0 Å². The number of hydrogen-bond acceptors (Lipinski definition) is 3. The van der Waals surface area contributed by atoms with Crippen LogP contribution in [-0.4, -0.2) is 18.2 Å². The molecular weight excluding hydrogens is 252 g/mol.